The van der Waals surface area contributed by atoms with Gasteiger partial charge in [-0.05, 0) is 31.7 Å². The van der Waals surface area contributed by atoms with Crippen LogP contribution in [0.5, 0.6) is 0 Å². The molecule has 1 aromatic heterocycles. The molecule has 1 saturated heterocycles. The van der Waals surface area contributed by atoms with Gasteiger partial charge in [-0.1, -0.05) is 25.1 Å². The number of hydrogen-bond acceptors (Lipinski definition) is 4. The number of nitrogens with one attached hydrogen (secondary N) is 1. The van der Waals surface area contributed by atoms with Crippen molar-refractivity contribution in [1.82, 2.24) is 15.1 Å². The number of aromatic amines is 1. The second-order valence-corrected chi connectivity index (χ2v) is 5.84. The Morgan fingerprint density at radius 2 is 2.17 bits per heavy atom. The molecule has 1 atom stereocenters. The Hall–Kier alpha value is -2.37. The van der Waals surface area contributed by atoms with Crippen LogP contribution < -0.4 is 0 Å². The zero-order valence-corrected chi connectivity index (χ0v) is 13.2. The number of ether oxygens (including phenoxy) is 1. The van der Waals surface area contributed by atoms with Gasteiger partial charge in [-0.15, -0.1) is 0 Å². The zero-order chi connectivity index (χ0) is 16.2. The van der Waals surface area contributed by atoms with Gasteiger partial charge in [0, 0.05) is 18.0 Å². The fourth-order valence-corrected chi connectivity index (χ4v) is 3.15. The first-order chi connectivity index (χ1) is 11.2. The first-order valence-corrected chi connectivity index (χ1v) is 8.10. The molecule has 0 saturated carbocycles. The maximum absolute atomic E-state index is 12.3. The number of esters is 1. The highest BCUT2D eigenvalue weighted by Gasteiger charge is 2.26. The van der Waals surface area contributed by atoms with Gasteiger partial charge in [0.2, 0.25) is 0 Å². The van der Waals surface area contributed by atoms with Crippen molar-refractivity contribution < 1.29 is 14.3 Å². The predicted molar refractivity (Wildman–Crippen MR) is 86.0 cm³/mol. The molecule has 1 amide bonds. The summed E-state index contributed by atoms with van der Waals surface area (Å²) in [5.74, 6) is -0.689. The second-order valence-electron chi connectivity index (χ2n) is 5.84. The highest BCUT2D eigenvalue weighted by atomic mass is 16.5. The van der Waals surface area contributed by atoms with E-state index in [1.54, 1.807) is 6.07 Å². The number of amides is 1. The van der Waals surface area contributed by atoms with Crippen LogP contribution in [-0.4, -0.2) is 46.2 Å². The van der Waals surface area contributed by atoms with Gasteiger partial charge in [-0.25, -0.2) is 4.79 Å². The van der Waals surface area contributed by atoms with Crippen molar-refractivity contribution in [1.29, 1.82) is 0 Å². The average molecular weight is 315 g/mol. The second kappa shape index (κ2) is 6.81. The molecule has 1 aliphatic heterocycles. The van der Waals surface area contributed by atoms with Gasteiger partial charge < -0.3 is 9.64 Å². The molecule has 1 aromatic carbocycles. The third-order valence-corrected chi connectivity index (χ3v) is 4.41. The molecule has 6 nitrogen and oxygen atoms in total. The molecular formula is C17H21N3O3. The topological polar surface area (TPSA) is 75.3 Å². The van der Waals surface area contributed by atoms with Crippen LogP contribution in [0.2, 0.25) is 0 Å². The molecule has 2 heterocycles. The van der Waals surface area contributed by atoms with Crippen LogP contribution in [-0.2, 0) is 9.53 Å². The van der Waals surface area contributed by atoms with Crippen LogP contribution in [0.1, 0.15) is 43.1 Å². The number of hydrogen-bond donors (Lipinski definition) is 1. The van der Waals surface area contributed by atoms with Crippen molar-refractivity contribution in [2.75, 3.05) is 13.2 Å². The van der Waals surface area contributed by atoms with E-state index in [2.05, 4.69) is 17.1 Å². The number of piperidine rings is 1. The molecule has 0 aliphatic carbocycles. The molecular weight excluding hydrogens is 294 g/mol. The number of carbonyl (C=O) groups is 2. The monoisotopic (exact) mass is 315 g/mol. The van der Waals surface area contributed by atoms with Gasteiger partial charge in [-0.3, -0.25) is 9.89 Å². The predicted octanol–water partition coefficient (Wildman–Crippen LogP) is 2.51. The molecule has 0 bridgehead atoms. The van der Waals surface area contributed by atoms with E-state index in [-0.39, 0.29) is 24.2 Å². The molecule has 122 valence electrons. The van der Waals surface area contributed by atoms with Crippen LogP contribution in [0.3, 0.4) is 0 Å². The van der Waals surface area contributed by atoms with E-state index in [1.165, 1.54) is 0 Å². The van der Waals surface area contributed by atoms with E-state index >= 15 is 0 Å². The van der Waals surface area contributed by atoms with E-state index in [0.717, 1.165) is 37.7 Å². The quantitative estimate of drug-likeness (QED) is 0.880. The lowest BCUT2D eigenvalue weighted by atomic mass is 10.00. The van der Waals surface area contributed by atoms with Gasteiger partial charge in [0.15, 0.2) is 12.3 Å². The summed E-state index contributed by atoms with van der Waals surface area (Å²) < 4.78 is 5.19. The molecule has 1 N–H and O–H groups in total. The summed E-state index contributed by atoms with van der Waals surface area (Å²) in [6, 6.07) is 7.60. The molecule has 0 radical (unpaired) electrons. The molecule has 23 heavy (non-hydrogen) atoms. The third kappa shape index (κ3) is 3.21. The number of nitrogens with zero attached hydrogens (tertiary/aromatic N) is 2. The molecule has 0 spiro atoms. The Morgan fingerprint density at radius 1 is 1.35 bits per heavy atom. The largest absolute Gasteiger partial charge is 0.451 e. The smallest absolute Gasteiger partial charge is 0.359 e. The Balaban J connectivity index is 1.63. The van der Waals surface area contributed by atoms with E-state index in [1.807, 2.05) is 23.1 Å². The maximum Gasteiger partial charge on any atom is 0.359 e. The summed E-state index contributed by atoms with van der Waals surface area (Å²) in [4.78, 5) is 26.4. The number of fused-ring (bicyclic) bond motifs is 1. The number of benzene rings is 1. The third-order valence-electron chi connectivity index (χ3n) is 4.41. The lowest BCUT2D eigenvalue weighted by molar-refractivity contribution is -0.138. The Morgan fingerprint density at radius 3 is 3.00 bits per heavy atom. The van der Waals surface area contributed by atoms with Crippen LogP contribution in [0.25, 0.3) is 10.9 Å². The van der Waals surface area contributed by atoms with Crippen molar-refractivity contribution >= 4 is 22.8 Å². The van der Waals surface area contributed by atoms with Crippen LogP contribution >= 0.6 is 0 Å². The van der Waals surface area contributed by atoms with E-state index < -0.39 is 5.97 Å². The minimum Gasteiger partial charge on any atom is -0.451 e. The number of carbonyl (C=O) groups excluding carboxylic acids is 2. The maximum atomic E-state index is 12.3. The Labute approximate surface area is 134 Å². The van der Waals surface area contributed by atoms with Crippen molar-refractivity contribution in [3.05, 3.63) is 30.0 Å². The summed E-state index contributed by atoms with van der Waals surface area (Å²) in [6.45, 7) is 2.61. The summed E-state index contributed by atoms with van der Waals surface area (Å²) in [5.41, 5.74) is 0.993. The van der Waals surface area contributed by atoms with Crippen molar-refractivity contribution in [2.45, 2.75) is 38.6 Å². The zero-order valence-electron chi connectivity index (χ0n) is 13.2. The molecule has 2 aromatic rings. The summed E-state index contributed by atoms with van der Waals surface area (Å²) in [6.07, 6.45) is 4.13. The lowest BCUT2D eigenvalue weighted by Gasteiger charge is -2.35. The number of rotatable bonds is 4. The van der Waals surface area contributed by atoms with Gasteiger partial charge >= 0.3 is 5.97 Å². The first kappa shape index (κ1) is 15.5. The Kier molecular flexibility index (Phi) is 4.60. The lowest BCUT2D eigenvalue weighted by Crippen LogP contribution is -2.45. The van der Waals surface area contributed by atoms with E-state index in [4.69, 9.17) is 4.74 Å². The number of likely N-dealkylation sites (tertiary alicyclic amines) is 1. The molecule has 1 aliphatic rings. The summed E-state index contributed by atoms with van der Waals surface area (Å²) in [5, 5.41) is 7.49. The fourth-order valence-electron chi connectivity index (χ4n) is 3.15. The molecule has 1 fully saturated rings. The minimum atomic E-state index is -0.569. The van der Waals surface area contributed by atoms with Crippen molar-refractivity contribution in [3.63, 3.8) is 0 Å². The molecule has 6 heteroatoms. The number of H-pyrrole nitrogens is 1. The average Bonchev–Trinajstić information content (AvgIpc) is 3.03. The molecule has 0 unspecified atom stereocenters. The summed E-state index contributed by atoms with van der Waals surface area (Å²) >= 11 is 0. The highest BCUT2D eigenvalue weighted by Crippen LogP contribution is 2.20. The number of aromatic nitrogens is 2. The van der Waals surface area contributed by atoms with Crippen LogP contribution in [0.4, 0.5) is 0 Å². The Bertz CT molecular complexity index is 710. The van der Waals surface area contributed by atoms with Gasteiger partial charge in [0.1, 0.15) is 0 Å². The van der Waals surface area contributed by atoms with Gasteiger partial charge in [0.25, 0.3) is 5.91 Å². The minimum absolute atomic E-state index is 0.121. The standard InChI is InChI=1S/C17H21N3O3/c1-2-12-7-5-6-10-20(12)15(21)11-23-17(22)16-13-8-3-4-9-14(13)18-19-16/h3-4,8-9,12H,2,5-7,10-11H2,1H3,(H,18,19)/t12-/m0/s1. The summed E-state index contributed by atoms with van der Waals surface area (Å²) in [7, 11) is 0. The number of para-hydroxylation sites is 1. The first-order valence-electron chi connectivity index (χ1n) is 8.10. The van der Waals surface area contributed by atoms with Crippen molar-refractivity contribution in [3.8, 4) is 0 Å². The highest BCUT2D eigenvalue weighted by molar-refractivity contribution is 6.02. The van der Waals surface area contributed by atoms with Gasteiger partial charge in [-0.2, -0.15) is 5.10 Å². The van der Waals surface area contributed by atoms with Crippen molar-refractivity contribution in [2.24, 2.45) is 0 Å². The molecule has 3 rings (SSSR count). The van der Waals surface area contributed by atoms with Crippen LogP contribution in [0.15, 0.2) is 24.3 Å². The van der Waals surface area contributed by atoms with Crippen LogP contribution in [0, 0.1) is 0 Å². The van der Waals surface area contributed by atoms with Gasteiger partial charge in [0.05, 0.1) is 5.52 Å². The fraction of sp³-hybridized carbons (Fsp3) is 0.471. The normalized spacial score (nSPS) is 18.1. The van der Waals surface area contributed by atoms with E-state index in [0.29, 0.717) is 5.39 Å². The SMILES string of the molecule is CC[C@H]1CCCCN1C(=O)COC(=O)c1n[nH]c2ccccc12. The van der Waals surface area contributed by atoms with E-state index in [9.17, 15) is 9.59 Å².